The van der Waals surface area contributed by atoms with E-state index in [1.807, 2.05) is 31.6 Å². The third kappa shape index (κ3) is 5.41. The number of halogens is 1. The summed E-state index contributed by atoms with van der Waals surface area (Å²) in [7, 11) is 3.59. The number of rotatable bonds is 6. The first-order valence-corrected chi connectivity index (χ1v) is 10.5. The van der Waals surface area contributed by atoms with Gasteiger partial charge >= 0.3 is 0 Å². The van der Waals surface area contributed by atoms with Crippen LogP contribution in [0.25, 0.3) is 11.0 Å². The highest BCUT2D eigenvalue weighted by Gasteiger charge is 2.21. The molecule has 3 aromatic rings. The van der Waals surface area contributed by atoms with E-state index in [9.17, 15) is 0 Å². The lowest BCUT2D eigenvalue weighted by atomic mass is 10.2. The quantitative estimate of drug-likeness (QED) is 0.227. The molecule has 0 radical (unpaired) electrons. The zero-order valence-corrected chi connectivity index (χ0v) is 20.5. The van der Waals surface area contributed by atoms with Gasteiger partial charge in [0.1, 0.15) is 5.75 Å². The normalized spacial score (nSPS) is 14.5. The summed E-state index contributed by atoms with van der Waals surface area (Å²) in [6.45, 7) is 5.58. The summed E-state index contributed by atoms with van der Waals surface area (Å²) in [5, 5.41) is 3.53. The molecule has 0 atom stereocenters. The first-order chi connectivity index (χ1) is 14.8. The lowest BCUT2D eigenvalue weighted by Crippen LogP contribution is -2.52. The SMILES string of the molecule is CN=C(NCCCn1cnc2ccccc21)N1CCN(c2ccccc2OC)CC1.I. The van der Waals surface area contributed by atoms with Crippen LogP contribution in [0.15, 0.2) is 59.9 Å². The average Bonchev–Trinajstić information content (AvgIpc) is 3.22. The minimum Gasteiger partial charge on any atom is -0.495 e. The molecule has 1 aromatic heterocycles. The molecule has 2 heterocycles. The summed E-state index contributed by atoms with van der Waals surface area (Å²) in [4.78, 5) is 13.7. The number of methoxy groups -OCH3 is 1. The Labute approximate surface area is 201 Å². The number of aromatic nitrogens is 2. The second-order valence-electron chi connectivity index (χ2n) is 7.40. The number of hydrogen-bond donors (Lipinski definition) is 1. The van der Waals surface area contributed by atoms with Gasteiger partial charge < -0.3 is 24.4 Å². The maximum atomic E-state index is 5.52. The van der Waals surface area contributed by atoms with Gasteiger partial charge in [0.15, 0.2) is 5.96 Å². The number of ether oxygens (including phenoxy) is 1. The van der Waals surface area contributed by atoms with Crippen LogP contribution >= 0.6 is 24.0 Å². The zero-order valence-electron chi connectivity index (χ0n) is 18.2. The van der Waals surface area contributed by atoms with Gasteiger partial charge in [-0.1, -0.05) is 24.3 Å². The first-order valence-electron chi connectivity index (χ1n) is 10.5. The largest absolute Gasteiger partial charge is 0.495 e. The number of nitrogens with one attached hydrogen (secondary N) is 1. The minimum absolute atomic E-state index is 0. The molecule has 0 spiro atoms. The van der Waals surface area contributed by atoms with Crippen molar-refractivity contribution in [3.63, 3.8) is 0 Å². The van der Waals surface area contributed by atoms with Crippen molar-refractivity contribution >= 4 is 46.7 Å². The Kier molecular flexibility index (Phi) is 8.39. The fourth-order valence-corrected chi connectivity index (χ4v) is 4.02. The van der Waals surface area contributed by atoms with Crippen LogP contribution in [-0.2, 0) is 6.54 Å². The van der Waals surface area contributed by atoms with E-state index in [2.05, 4.69) is 60.0 Å². The molecule has 4 rings (SSSR count). The lowest BCUT2D eigenvalue weighted by Gasteiger charge is -2.38. The van der Waals surface area contributed by atoms with Crippen molar-refractivity contribution in [1.29, 1.82) is 0 Å². The van der Waals surface area contributed by atoms with E-state index in [-0.39, 0.29) is 24.0 Å². The van der Waals surface area contributed by atoms with Gasteiger partial charge in [-0.25, -0.2) is 4.98 Å². The summed E-state index contributed by atoms with van der Waals surface area (Å²) >= 11 is 0. The average molecular weight is 534 g/mol. The van der Waals surface area contributed by atoms with Crippen molar-refractivity contribution in [2.45, 2.75) is 13.0 Å². The molecule has 0 aliphatic carbocycles. The van der Waals surface area contributed by atoms with Crippen molar-refractivity contribution in [1.82, 2.24) is 19.8 Å². The summed E-state index contributed by atoms with van der Waals surface area (Å²) in [6.07, 6.45) is 2.94. The van der Waals surface area contributed by atoms with Crippen LogP contribution in [0.1, 0.15) is 6.42 Å². The third-order valence-electron chi connectivity index (χ3n) is 5.60. The highest BCUT2D eigenvalue weighted by atomic mass is 127. The third-order valence-corrected chi connectivity index (χ3v) is 5.60. The minimum atomic E-state index is 0. The fraction of sp³-hybridized carbons (Fsp3) is 0.391. The lowest BCUT2D eigenvalue weighted by molar-refractivity contribution is 0.366. The number of anilines is 1. The van der Waals surface area contributed by atoms with Gasteiger partial charge in [-0.15, -0.1) is 24.0 Å². The van der Waals surface area contributed by atoms with Crippen LogP contribution in [0.4, 0.5) is 5.69 Å². The predicted molar refractivity (Wildman–Crippen MR) is 138 cm³/mol. The molecule has 0 saturated carbocycles. The molecular formula is C23H31IN6O. The van der Waals surface area contributed by atoms with Crippen LogP contribution in [0, 0.1) is 0 Å². The van der Waals surface area contributed by atoms with Crippen LogP contribution in [-0.4, -0.2) is 67.3 Å². The Hall–Kier alpha value is -2.49. The molecule has 31 heavy (non-hydrogen) atoms. The molecule has 1 aliphatic heterocycles. The Balaban J connectivity index is 0.00000272. The van der Waals surface area contributed by atoms with Crippen molar-refractivity contribution in [2.75, 3.05) is 51.8 Å². The van der Waals surface area contributed by atoms with Gasteiger partial charge in [0.25, 0.3) is 0 Å². The monoisotopic (exact) mass is 534 g/mol. The number of imidazole rings is 1. The topological polar surface area (TPSA) is 57.9 Å². The summed E-state index contributed by atoms with van der Waals surface area (Å²) in [5.74, 6) is 1.91. The van der Waals surface area contributed by atoms with Gasteiger partial charge in [-0.05, 0) is 30.7 Å². The van der Waals surface area contributed by atoms with Crippen LogP contribution in [0.5, 0.6) is 5.75 Å². The van der Waals surface area contributed by atoms with Crippen LogP contribution in [0.3, 0.4) is 0 Å². The molecule has 0 unspecified atom stereocenters. The van der Waals surface area contributed by atoms with Crippen LogP contribution in [0.2, 0.25) is 0 Å². The summed E-state index contributed by atoms with van der Waals surface area (Å²) in [6, 6.07) is 16.5. The maximum absolute atomic E-state index is 5.52. The number of aliphatic imine (C=N–C) groups is 1. The van der Waals surface area contributed by atoms with Gasteiger partial charge in [0.2, 0.25) is 0 Å². The van der Waals surface area contributed by atoms with E-state index in [0.29, 0.717) is 0 Å². The predicted octanol–water partition coefficient (Wildman–Crippen LogP) is 3.45. The van der Waals surface area contributed by atoms with Gasteiger partial charge in [0.05, 0.1) is 30.2 Å². The molecule has 1 saturated heterocycles. The number of benzene rings is 2. The molecular weight excluding hydrogens is 503 g/mol. The standard InChI is InChI=1S/C23H30N6O.HI/c1-24-23(25-12-7-13-29-18-26-19-8-3-4-9-20(19)29)28-16-14-27(15-17-28)21-10-5-6-11-22(21)30-2;/h3-6,8-11,18H,7,12-17H2,1-2H3,(H,24,25);1H. The van der Waals surface area contributed by atoms with Gasteiger partial charge in [0, 0.05) is 46.3 Å². The molecule has 2 aromatic carbocycles. The number of hydrogen-bond acceptors (Lipinski definition) is 4. The number of piperazine rings is 1. The van der Waals surface area contributed by atoms with E-state index in [0.717, 1.165) is 68.6 Å². The summed E-state index contributed by atoms with van der Waals surface area (Å²) in [5.41, 5.74) is 3.40. The Bertz CT molecular complexity index is 996. The van der Waals surface area contributed by atoms with Gasteiger partial charge in [-0.3, -0.25) is 4.99 Å². The summed E-state index contributed by atoms with van der Waals surface area (Å²) < 4.78 is 7.73. The van der Waals surface area contributed by atoms with Crippen molar-refractivity contribution in [3.8, 4) is 5.75 Å². The fourth-order valence-electron chi connectivity index (χ4n) is 4.02. The first kappa shape index (κ1) is 23.2. The Morgan fingerprint density at radius 1 is 1.06 bits per heavy atom. The molecule has 7 nitrogen and oxygen atoms in total. The van der Waals surface area contributed by atoms with Crippen LogP contribution < -0.4 is 15.0 Å². The number of guanidine groups is 1. The second-order valence-corrected chi connectivity index (χ2v) is 7.40. The van der Waals surface area contributed by atoms with E-state index < -0.39 is 0 Å². The van der Waals surface area contributed by atoms with Crippen molar-refractivity contribution < 1.29 is 4.74 Å². The van der Waals surface area contributed by atoms with E-state index >= 15 is 0 Å². The Morgan fingerprint density at radius 2 is 1.81 bits per heavy atom. The molecule has 0 bridgehead atoms. The highest BCUT2D eigenvalue weighted by Crippen LogP contribution is 2.28. The van der Waals surface area contributed by atoms with E-state index in [4.69, 9.17) is 4.74 Å². The number of nitrogens with zero attached hydrogens (tertiary/aromatic N) is 5. The molecule has 8 heteroatoms. The Morgan fingerprint density at radius 3 is 2.58 bits per heavy atom. The van der Waals surface area contributed by atoms with E-state index in [1.165, 1.54) is 5.52 Å². The second kappa shape index (κ2) is 11.2. The molecule has 0 amide bonds. The molecule has 1 N–H and O–H groups in total. The maximum Gasteiger partial charge on any atom is 0.193 e. The number of fused-ring (bicyclic) bond motifs is 1. The molecule has 1 aliphatic rings. The number of para-hydroxylation sites is 4. The molecule has 166 valence electrons. The van der Waals surface area contributed by atoms with Crippen molar-refractivity contribution in [2.24, 2.45) is 4.99 Å². The molecule has 1 fully saturated rings. The highest BCUT2D eigenvalue weighted by molar-refractivity contribution is 14.0. The van der Waals surface area contributed by atoms with Gasteiger partial charge in [-0.2, -0.15) is 0 Å². The zero-order chi connectivity index (χ0) is 20.8. The smallest absolute Gasteiger partial charge is 0.193 e. The van der Waals surface area contributed by atoms with Crippen molar-refractivity contribution in [3.05, 3.63) is 54.9 Å². The number of aryl methyl sites for hydroxylation is 1. The van der Waals surface area contributed by atoms with E-state index in [1.54, 1.807) is 7.11 Å².